The van der Waals surface area contributed by atoms with Crippen molar-refractivity contribution in [2.45, 2.75) is 54.9 Å². The summed E-state index contributed by atoms with van der Waals surface area (Å²) in [5.74, 6) is 3.35. The molecule has 0 spiro atoms. The molecular weight excluding hydrogens is 516 g/mol. The standard InChI is InChI=1S/C9H9N.C8H7N.2C7H9N.C5H6N2/c1-2-8-4-3-5-9(6-8)7-10;1-3-8-4-5-9-7(2)6-8;2*1-6-3-4-8-7(2)5-6;1-5-6-3-2-4-7-5/h3-6H,2H2,1H3;1,4-6H,2H3;2*3-5H,1-2H3;2-4H,1H3. The van der Waals surface area contributed by atoms with Gasteiger partial charge in [0.25, 0.3) is 0 Å². The fourth-order valence-electron chi connectivity index (χ4n) is 3.24. The van der Waals surface area contributed by atoms with Gasteiger partial charge in [0.2, 0.25) is 0 Å². The molecule has 0 aliphatic rings. The molecule has 5 aromatic rings. The minimum absolute atomic E-state index is 0.749. The van der Waals surface area contributed by atoms with Gasteiger partial charge in [-0.25, -0.2) is 9.97 Å². The van der Waals surface area contributed by atoms with E-state index < -0.39 is 0 Å². The quantitative estimate of drug-likeness (QED) is 0.197. The van der Waals surface area contributed by atoms with Crippen molar-refractivity contribution >= 4 is 0 Å². The van der Waals surface area contributed by atoms with Crippen LogP contribution in [0.25, 0.3) is 0 Å². The molecule has 42 heavy (non-hydrogen) atoms. The van der Waals surface area contributed by atoms with E-state index in [0.29, 0.717) is 0 Å². The predicted molar refractivity (Wildman–Crippen MR) is 172 cm³/mol. The molecule has 0 fully saturated rings. The highest BCUT2D eigenvalue weighted by molar-refractivity contribution is 5.32. The van der Waals surface area contributed by atoms with Gasteiger partial charge in [-0.3, -0.25) is 15.0 Å². The summed E-state index contributed by atoms with van der Waals surface area (Å²) >= 11 is 0. The first-order valence-corrected chi connectivity index (χ1v) is 13.6. The number of nitriles is 1. The van der Waals surface area contributed by atoms with E-state index in [0.717, 1.165) is 40.5 Å². The van der Waals surface area contributed by atoms with Crippen molar-refractivity contribution in [2.75, 3.05) is 0 Å². The van der Waals surface area contributed by atoms with Crippen LogP contribution in [-0.4, -0.2) is 24.9 Å². The second-order valence-corrected chi connectivity index (χ2v) is 9.24. The minimum atomic E-state index is 0.749. The van der Waals surface area contributed by atoms with Crippen molar-refractivity contribution < 1.29 is 0 Å². The van der Waals surface area contributed by atoms with Crippen LogP contribution in [0, 0.1) is 65.2 Å². The topological polar surface area (TPSA) is 88.2 Å². The molecule has 214 valence electrons. The first-order chi connectivity index (χ1) is 20.2. The lowest BCUT2D eigenvalue weighted by molar-refractivity contribution is 1.05. The van der Waals surface area contributed by atoms with Crippen LogP contribution in [0.2, 0.25) is 0 Å². The molecule has 0 saturated carbocycles. The second kappa shape index (κ2) is 20.7. The minimum Gasteiger partial charge on any atom is -0.262 e. The molecule has 0 radical (unpaired) electrons. The molecule has 0 aliphatic carbocycles. The van der Waals surface area contributed by atoms with Crippen LogP contribution in [0.3, 0.4) is 0 Å². The monoisotopic (exact) mass is 556 g/mol. The highest BCUT2D eigenvalue weighted by Gasteiger charge is 1.90. The summed E-state index contributed by atoms with van der Waals surface area (Å²) in [7, 11) is 0. The Bertz CT molecular complexity index is 1470. The lowest BCUT2D eigenvalue weighted by atomic mass is 10.1. The molecular formula is C36H40N6. The van der Waals surface area contributed by atoms with Crippen LogP contribution in [0.5, 0.6) is 0 Å². The zero-order valence-corrected chi connectivity index (χ0v) is 25.7. The van der Waals surface area contributed by atoms with Gasteiger partial charge in [-0.15, -0.1) is 6.42 Å². The fourth-order valence-corrected chi connectivity index (χ4v) is 3.24. The number of benzene rings is 1. The summed E-state index contributed by atoms with van der Waals surface area (Å²) in [4.78, 5) is 19.8. The van der Waals surface area contributed by atoms with E-state index in [1.165, 1.54) is 16.7 Å². The Morgan fingerprint density at radius 1 is 0.595 bits per heavy atom. The van der Waals surface area contributed by atoms with Gasteiger partial charge in [0.1, 0.15) is 5.82 Å². The first kappa shape index (κ1) is 34.8. The number of aromatic nitrogens is 5. The molecule has 4 aromatic heterocycles. The van der Waals surface area contributed by atoms with Gasteiger partial charge in [-0.05, 0) is 119 Å². The molecule has 6 heteroatoms. The molecule has 0 atom stereocenters. The van der Waals surface area contributed by atoms with Gasteiger partial charge in [0.15, 0.2) is 0 Å². The van der Waals surface area contributed by atoms with Crippen molar-refractivity contribution in [1.29, 1.82) is 5.26 Å². The first-order valence-electron chi connectivity index (χ1n) is 13.6. The number of terminal acetylenes is 1. The number of pyridine rings is 3. The highest BCUT2D eigenvalue weighted by Crippen LogP contribution is 2.03. The number of hydrogen-bond donors (Lipinski definition) is 0. The van der Waals surface area contributed by atoms with E-state index in [-0.39, 0.29) is 0 Å². The lowest BCUT2D eigenvalue weighted by Crippen LogP contribution is -1.80. The molecule has 1 aromatic carbocycles. The molecule has 6 nitrogen and oxygen atoms in total. The largest absolute Gasteiger partial charge is 0.262 e. The van der Waals surface area contributed by atoms with Crippen molar-refractivity contribution in [1.82, 2.24) is 24.9 Å². The molecule has 0 bridgehead atoms. The van der Waals surface area contributed by atoms with E-state index >= 15 is 0 Å². The summed E-state index contributed by atoms with van der Waals surface area (Å²) in [5, 5.41) is 8.51. The van der Waals surface area contributed by atoms with Gasteiger partial charge in [-0.1, -0.05) is 25.0 Å². The van der Waals surface area contributed by atoms with E-state index in [9.17, 15) is 0 Å². The number of nitrogens with zero attached hydrogens (tertiary/aromatic N) is 6. The summed E-state index contributed by atoms with van der Waals surface area (Å²) in [6, 6.07) is 23.4. The number of hydrogen-bond acceptors (Lipinski definition) is 6. The zero-order valence-electron chi connectivity index (χ0n) is 25.7. The molecule has 4 heterocycles. The van der Waals surface area contributed by atoms with Crippen molar-refractivity contribution in [3.63, 3.8) is 0 Å². The summed E-state index contributed by atoms with van der Waals surface area (Å²) in [5.41, 5.74) is 8.55. The summed E-state index contributed by atoms with van der Waals surface area (Å²) < 4.78 is 0. The lowest BCUT2D eigenvalue weighted by Gasteiger charge is -1.93. The Labute approximate surface area is 251 Å². The molecule has 0 aliphatic heterocycles. The van der Waals surface area contributed by atoms with Gasteiger partial charge in [0, 0.05) is 53.6 Å². The van der Waals surface area contributed by atoms with E-state index in [1.807, 2.05) is 88.6 Å². The molecule has 0 unspecified atom stereocenters. The Kier molecular flexibility index (Phi) is 17.1. The van der Waals surface area contributed by atoms with Gasteiger partial charge < -0.3 is 0 Å². The Morgan fingerprint density at radius 2 is 1.12 bits per heavy atom. The van der Waals surface area contributed by atoms with Crippen LogP contribution in [-0.2, 0) is 6.42 Å². The van der Waals surface area contributed by atoms with Crippen LogP contribution in [0.4, 0.5) is 0 Å². The molecule has 0 N–H and O–H groups in total. The van der Waals surface area contributed by atoms with Crippen LogP contribution >= 0.6 is 0 Å². The Morgan fingerprint density at radius 3 is 1.45 bits per heavy atom. The van der Waals surface area contributed by atoms with E-state index in [2.05, 4.69) is 69.8 Å². The van der Waals surface area contributed by atoms with Crippen molar-refractivity contribution in [2.24, 2.45) is 0 Å². The van der Waals surface area contributed by atoms with Crippen molar-refractivity contribution in [3.8, 4) is 18.4 Å². The van der Waals surface area contributed by atoms with E-state index in [1.54, 1.807) is 24.7 Å². The normalized spacial score (nSPS) is 8.88. The zero-order chi connectivity index (χ0) is 31.2. The predicted octanol–water partition coefficient (Wildman–Crippen LogP) is 7.67. The molecule has 0 amide bonds. The van der Waals surface area contributed by atoms with Crippen molar-refractivity contribution in [3.05, 3.63) is 148 Å². The Balaban J connectivity index is 0.000000264. The number of rotatable bonds is 1. The maximum atomic E-state index is 8.51. The smallest absolute Gasteiger partial charge is 0.125 e. The summed E-state index contributed by atoms with van der Waals surface area (Å²) in [6.07, 6.45) is 14.9. The number of aryl methyl sites for hydroxylation is 7. The highest BCUT2D eigenvalue weighted by atomic mass is 14.8. The van der Waals surface area contributed by atoms with Gasteiger partial charge in [0.05, 0.1) is 11.6 Å². The van der Waals surface area contributed by atoms with Crippen LogP contribution in [0.1, 0.15) is 57.6 Å². The second-order valence-electron chi connectivity index (χ2n) is 9.24. The maximum Gasteiger partial charge on any atom is 0.125 e. The third-order valence-electron chi connectivity index (χ3n) is 5.33. The SMILES string of the molecule is C#Cc1ccnc(C)c1.CCc1cccc(C#N)c1.Cc1ccnc(C)c1.Cc1ccnc(C)c1.Cc1ncccn1. The van der Waals surface area contributed by atoms with Gasteiger partial charge in [-0.2, -0.15) is 5.26 Å². The fraction of sp³-hybridized carbons (Fsp3) is 0.222. The molecule has 0 saturated heterocycles. The third-order valence-corrected chi connectivity index (χ3v) is 5.33. The average Bonchev–Trinajstić information content (AvgIpc) is 2.98. The average molecular weight is 557 g/mol. The Hall–Kier alpha value is -5.20. The molecule has 5 rings (SSSR count). The van der Waals surface area contributed by atoms with Gasteiger partial charge >= 0.3 is 0 Å². The third kappa shape index (κ3) is 16.7. The van der Waals surface area contributed by atoms with E-state index in [4.69, 9.17) is 11.7 Å². The van der Waals surface area contributed by atoms with Crippen LogP contribution in [0.15, 0.2) is 97.7 Å². The summed E-state index contributed by atoms with van der Waals surface area (Å²) in [6.45, 7) is 14.0. The van der Waals surface area contributed by atoms with Crippen LogP contribution < -0.4 is 0 Å². The maximum absolute atomic E-state index is 8.51.